The molecule has 120 valence electrons. The number of nitrogens with zero attached hydrogens (tertiary/aromatic N) is 3. The Hall–Kier alpha value is -1.68. The maximum atomic E-state index is 6.27. The summed E-state index contributed by atoms with van der Waals surface area (Å²) in [6.07, 6.45) is 0. The third kappa shape index (κ3) is 4.41. The molecule has 23 heavy (non-hydrogen) atoms. The third-order valence-corrected chi connectivity index (χ3v) is 4.39. The van der Waals surface area contributed by atoms with Crippen LogP contribution in [-0.2, 0) is 13.1 Å². The van der Waals surface area contributed by atoms with Crippen LogP contribution in [0, 0.1) is 0 Å². The second kappa shape index (κ2) is 8.25. The van der Waals surface area contributed by atoms with Crippen LogP contribution in [0.2, 0.25) is 10.0 Å². The topological polar surface area (TPSA) is 28.0 Å². The highest BCUT2D eigenvalue weighted by Crippen LogP contribution is 2.30. The maximum absolute atomic E-state index is 6.27. The molecule has 0 radical (unpaired) electrons. The summed E-state index contributed by atoms with van der Waals surface area (Å²) in [7, 11) is 0. The van der Waals surface area contributed by atoms with Gasteiger partial charge in [0.1, 0.15) is 0 Å². The monoisotopic (exact) mass is 347 g/mol. The molecule has 0 spiro atoms. The molecule has 0 atom stereocenters. The van der Waals surface area contributed by atoms with Crippen LogP contribution in [0.25, 0.3) is 0 Å². The number of hydrogen-bond acceptors (Lipinski definition) is 3. The van der Waals surface area contributed by atoms with E-state index < -0.39 is 0 Å². The quantitative estimate of drug-likeness (QED) is 0.592. The Kier molecular flexibility index (Phi) is 6.34. The lowest BCUT2D eigenvalue weighted by molar-refractivity contribution is 0.271. The van der Waals surface area contributed by atoms with Gasteiger partial charge in [-0.05, 0) is 49.8 Å². The Balaban J connectivity index is 2.20. The Bertz CT molecular complexity index is 693. The molecular weight excluding hydrogens is 329 g/mol. The van der Waals surface area contributed by atoms with Crippen molar-refractivity contribution in [1.82, 2.24) is 4.90 Å². The Morgan fingerprint density at radius 2 is 1.61 bits per heavy atom. The van der Waals surface area contributed by atoms with Crippen molar-refractivity contribution in [2.45, 2.75) is 20.0 Å². The highest BCUT2D eigenvalue weighted by atomic mass is 35.5. The van der Waals surface area contributed by atoms with Crippen molar-refractivity contribution in [3.05, 3.63) is 57.6 Å². The second-order valence-corrected chi connectivity index (χ2v) is 5.96. The average Bonchev–Trinajstić information content (AvgIpc) is 2.57. The first-order valence-electron chi connectivity index (χ1n) is 7.30. The highest BCUT2D eigenvalue weighted by Gasteiger charge is 2.12. The van der Waals surface area contributed by atoms with Gasteiger partial charge in [0.2, 0.25) is 0 Å². The zero-order valence-corrected chi connectivity index (χ0v) is 14.6. The van der Waals surface area contributed by atoms with Crippen molar-refractivity contribution in [3.63, 3.8) is 0 Å². The van der Waals surface area contributed by atoms with Gasteiger partial charge in [0.25, 0.3) is 0 Å². The molecule has 0 aliphatic carbocycles. The van der Waals surface area contributed by atoms with Crippen LogP contribution in [0.1, 0.15) is 18.1 Å². The van der Waals surface area contributed by atoms with Crippen molar-refractivity contribution in [2.24, 2.45) is 9.98 Å². The number of hydrogen-bond donors (Lipinski definition) is 0. The van der Waals surface area contributed by atoms with E-state index in [1.807, 2.05) is 36.4 Å². The van der Waals surface area contributed by atoms with Gasteiger partial charge in [-0.25, -0.2) is 0 Å². The zero-order valence-electron chi connectivity index (χ0n) is 13.1. The Labute approximate surface area is 147 Å². The first-order valence-corrected chi connectivity index (χ1v) is 8.06. The van der Waals surface area contributed by atoms with Crippen molar-refractivity contribution in [2.75, 3.05) is 6.54 Å². The molecule has 0 aliphatic heterocycles. The van der Waals surface area contributed by atoms with E-state index in [9.17, 15) is 0 Å². The number of rotatable bonds is 7. The fraction of sp³-hybridized carbons (Fsp3) is 0.222. The Morgan fingerprint density at radius 3 is 2.17 bits per heavy atom. The molecule has 3 nitrogen and oxygen atoms in total. The van der Waals surface area contributed by atoms with E-state index in [1.165, 1.54) is 0 Å². The molecule has 2 aromatic rings. The summed E-state index contributed by atoms with van der Waals surface area (Å²) in [5.41, 5.74) is 3.55. The summed E-state index contributed by atoms with van der Waals surface area (Å²) < 4.78 is 0. The van der Waals surface area contributed by atoms with Gasteiger partial charge in [0, 0.05) is 28.7 Å². The largest absolute Gasteiger partial charge is 0.295 e. The van der Waals surface area contributed by atoms with Crippen LogP contribution in [-0.4, -0.2) is 24.9 Å². The van der Waals surface area contributed by atoms with Gasteiger partial charge < -0.3 is 0 Å². The molecule has 0 aliphatic rings. The van der Waals surface area contributed by atoms with Gasteiger partial charge in [-0.1, -0.05) is 42.3 Å². The molecule has 0 unspecified atom stereocenters. The average molecular weight is 348 g/mol. The molecule has 0 heterocycles. The van der Waals surface area contributed by atoms with E-state index >= 15 is 0 Å². The lowest BCUT2D eigenvalue weighted by Gasteiger charge is -2.22. The van der Waals surface area contributed by atoms with Crippen molar-refractivity contribution in [3.8, 4) is 0 Å². The summed E-state index contributed by atoms with van der Waals surface area (Å²) in [5, 5.41) is 1.38. The van der Waals surface area contributed by atoms with E-state index in [0.717, 1.165) is 35.6 Å². The molecule has 0 bridgehead atoms. The number of aliphatic imine (C=N–C) groups is 2. The summed E-state index contributed by atoms with van der Waals surface area (Å²) in [6.45, 7) is 11.6. The lowest BCUT2D eigenvalue weighted by atomic mass is 10.1. The van der Waals surface area contributed by atoms with E-state index in [-0.39, 0.29) is 0 Å². The van der Waals surface area contributed by atoms with Crippen molar-refractivity contribution in [1.29, 1.82) is 0 Å². The minimum Gasteiger partial charge on any atom is -0.295 e. The van der Waals surface area contributed by atoms with Crippen molar-refractivity contribution >= 4 is 48.0 Å². The molecule has 0 aromatic heterocycles. The summed E-state index contributed by atoms with van der Waals surface area (Å²) >= 11 is 12.5. The van der Waals surface area contributed by atoms with Crippen LogP contribution in [0.5, 0.6) is 0 Å². The number of benzene rings is 2. The minimum atomic E-state index is 0.688. The second-order valence-electron chi connectivity index (χ2n) is 5.14. The van der Waals surface area contributed by atoms with Gasteiger partial charge in [-0.15, -0.1) is 0 Å². The van der Waals surface area contributed by atoms with Crippen LogP contribution < -0.4 is 0 Å². The van der Waals surface area contributed by atoms with Crippen LogP contribution >= 0.6 is 23.2 Å². The van der Waals surface area contributed by atoms with Gasteiger partial charge in [-0.2, -0.15) is 0 Å². The molecule has 0 fully saturated rings. The first-order chi connectivity index (χ1) is 11.1. The SMILES string of the molecule is C=Nc1ccc(CN(CC)Cc2c(Cl)cccc2Cl)cc1N=C. The normalized spacial score (nSPS) is 10.8. The number of halogens is 2. The summed E-state index contributed by atoms with van der Waals surface area (Å²) in [5.74, 6) is 0. The van der Waals surface area contributed by atoms with E-state index in [0.29, 0.717) is 16.6 Å². The lowest BCUT2D eigenvalue weighted by Crippen LogP contribution is -2.22. The predicted octanol–water partition coefficient (Wildman–Crippen LogP) is 5.68. The Morgan fingerprint density at radius 1 is 0.957 bits per heavy atom. The molecule has 5 heteroatoms. The van der Waals surface area contributed by atoms with Crippen LogP contribution in [0.15, 0.2) is 46.4 Å². The van der Waals surface area contributed by atoms with Crippen molar-refractivity contribution < 1.29 is 0 Å². The molecule has 2 aromatic carbocycles. The summed E-state index contributed by atoms with van der Waals surface area (Å²) in [6, 6.07) is 11.5. The fourth-order valence-corrected chi connectivity index (χ4v) is 2.89. The molecule has 2 rings (SSSR count). The van der Waals surface area contributed by atoms with Crippen LogP contribution in [0.3, 0.4) is 0 Å². The molecule has 0 N–H and O–H groups in total. The smallest absolute Gasteiger partial charge is 0.0881 e. The minimum absolute atomic E-state index is 0.688. The first kappa shape index (κ1) is 17.7. The molecule has 0 amide bonds. The van der Waals surface area contributed by atoms with Crippen LogP contribution in [0.4, 0.5) is 11.4 Å². The standard InChI is InChI=1S/C18H19Cl2N3/c1-4-23(12-14-15(19)6-5-7-16(14)20)11-13-8-9-17(21-2)18(10-13)22-3/h5-10H,2-4,11-12H2,1H3. The van der Waals surface area contributed by atoms with Gasteiger partial charge in [0.15, 0.2) is 0 Å². The summed E-state index contributed by atoms with van der Waals surface area (Å²) in [4.78, 5) is 10.2. The fourth-order valence-electron chi connectivity index (χ4n) is 2.37. The highest BCUT2D eigenvalue weighted by molar-refractivity contribution is 6.35. The van der Waals surface area contributed by atoms with E-state index in [4.69, 9.17) is 23.2 Å². The molecular formula is C18H19Cl2N3. The predicted molar refractivity (Wildman–Crippen MR) is 101 cm³/mol. The molecule has 0 saturated carbocycles. The van der Waals surface area contributed by atoms with E-state index in [1.54, 1.807) is 0 Å². The molecule has 0 saturated heterocycles. The van der Waals surface area contributed by atoms with Gasteiger partial charge in [0.05, 0.1) is 11.4 Å². The zero-order chi connectivity index (χ0) is 16.8. The van der Waals surface area contributed by atoms with Gasteiger partial charge >= 0.3 is 0 Å². The third-order valence-electron chi connectivity index (χ3n) is 3.68. The maximum Gasteiger partial charge on any atom is 0.0881 e. The van der Waals surface area contributed by atoms with Gasteiger partial charge in [-0.3, -0.25) is 14.9 Å². The van der Waals surface area contributed by atoms with E-state index in [2.05, 4.69) is 35.2 Å².